The van der Waals surface area contributed by atoms with E-state index in [1.165, 1.54) is 10.0 Å². The first kappa shape index (κ1) is 23.5. The van der Waals surface area contributed by atoms with E-state index in [4.69, 9.17) is 14.2 Å². The Labute approximate surface area is 178 Å². The van der Waals surface area contributed by atoms with Gasteiger partial charge < -0.3 is 14.2 Å². The molecule has 1 aromatic carbocycles. The molecule has 0 aromatic heterocycles. The predicted molar refractivity (Wildman–Crippen MR) is 110 cm³/mol. The maximum Gasteiger partial charge on any atom is 0.429 e. The summed E-state index contributed by atoms with van der Waals surface area (Å²) in [6.07, 6.45) is -1.45. The number of hydrazine groups is 1. The Balaban J connectivity index is 2.37. The third kappa shape index (κ3) is 6.37. The lowest BCUT2D eigenvalue weighted by Crippen LogP contribution is -2.50. The zero-order valence-corrected chi connectivity index (χ0v) is 18.4. The van der Waals surface area contributed by atoms with Crippen LogP contribution >= 0.6 is 0 Å². The fourth-order valence-corrected chi connectivity index (χ4v) is 3.47. The summed E-state index contributed by atoms with van der Waals surface area (Å²) in [6.45, 7) is 9.14. The van der Waals surface area contributed by atoms with Gasteiger partial charge in [0.25, 0.3) is 0 Å². The number of carbonyl (C=O) groups is 3. The number of amides is 2. The van der Waals surface area contributed by atoms with Gasteiger partial charge in [0.2, 0.25) is 0 Å². The average molecular weight is 421 g/mol. The fraction of sp³-hybridized carbons (Fsp3) is 0.591. The lowest BCUT2D eigenvalue weighted by atomic mass is 9.92. The van der Waals surface area contributed by atoms with Crippen molar-refractivity contribution in [3.05, 3.63) is 35.9 Å². The van der Waals surface area contributed by atoms with Crippen molar-refractivity contribution in [2.24, 2.45) is 5.92 Å². The molecule has 2 atom stereocenters. The Hall–Kier alpha value is -2.77. The van der Waals surface area contributed by atoms with Crippen LogP contribution in [0.5, 0.6) is 0 Å². The number of carbonyl (C=O) groups excluding carboxylic acids is 3. The van der Waals surface area contributed by atoms with Crippen molar-refractivity contribution in [1.82, 2.24) is 10.0 Å². The van der Waals surface area contributed by atoms with E-state index in [0.717, 1.165) is 5.56 Å². The summed E-state index contributed by atoms with van der Waals surface area (Å²) in [4.78, 5) is 37.9. The quantitative estimate of drug-likeness (QED) is 0.493. The summed E-state index contributed by atoms with van der Waals surface area (Å²) in [5.41, 5.74) is 0.984. The first-order valence-corrected chi connectivity index (χ1v) is 10.4. The molecular weight excluding hydrogens is 388 g/mol. The monoisotopic (exact) mass is 420 g/mol. The van der Waals surface area contributed by atoms with Crippen LogP contribution in [-0.4, -0.2) is 59.6 Å². The number of rotatable bonds is 7. The van der Waals surface area contributed by atoms with E-state index in [-0.39, 0.29) is 43.7 Å². The van der Waals surface area contributed by atoms with Gasteiger partial charge in [0.1, 0.15) is 0 Å². The molecule has 2 amide bonds. The molecule has 0 aliphatic carbocycles. The minimum absolute atomic E-state index is 0.0856. The van der Waals surface area contributed by atoms with Gasteiger partial charge in [0, 0.05) is 5.92 Å². The first-order chi connectivity index (χ1) is 14.2. The Kier molecular flexibility index (Phi) is 8.50. The van der Waals surface area contributed by atoms with Crippen LogP contribution in [0.25, 0.3) is 0 Å². The highest BCUT2D eigenvalue weighted by Gasteiger charge is 2.47. The summed E-state index contributed by atoms with van der Waals surface area (Å²) in [7, 11) is 0. The van der Waals surface area contributed by atoms with Crippen LogP contribution in [0.2, 0.25) is 0 Å². The lowest BCUT2D eigenvalue weighted by Gasteiger charge is -2.32. The van der Waals surface area contributed by atoms with Crippen LogP contribution in [0.1, 0.15) is 46.6 Å². The molecule has 0 unspecified atom stereocenters. The van der Waals surface area contributed by atoms with Gasteiger partial charge in [-0.3, -0.25) is 4.79 Å². The molecule has 2 rings (SSSR count). The minimum Gasteiger partial charge on any atom is -0.466 e. The molecule has 30 heavy (non-hydrogen) atoms. The van der Waals surface area contributed by atoms with Crippen LogP contribution in [0, 0.1) is 5.92 Å². The van der Waals surface area contributed by atoms with E-state index in [9.17, 15) is 14.4 Å². The van der Waals surface area contributed by atoms with Crippen LogP contribution in [0.15, 0.2) is 30.3 Å². The fourth-order valence-electron chi connectivity index (χ4n) is 3.47. The highest BCUT2D eigenvalue weighted by Crippen LogP contribution is 2.32. The second-order valence-corrected chi connectivity index (χ2v) is 7.82. The van der Waals surface area contributed by atoms with Crippen LogP contribution in [0.4, 0.5) is 9.59 Å². The molecule has 0 spiro atoms. The topological polar surface area (TPSA) is 85.4 Å². The number of nitrogens with zero attached hydrogens (tertiary/aromatic N) is 2. The summed E-state index contributed by atoms with van der Waals surface area (Å²) >= 11 is 0. The molecule has 1 heterocycles. The molecule has 1 fully saturated rings. The molecule has 8 heteroatoms. The number of benzene rings is 1. The van der Waals surface area contributed by atoms with Gasteiger partial charge in [0.15, 0.2) is 0 Å². The summed E-state index contributed by atoms with van der Waals surface area (Å²) in [6, 6.07) is 9.16. The number of esters is 1. The van der Waals surface area contributed by atoms with Crippen molar-refractivity contribution in [3.8, 4) is 0 Å². The number of ether oxygens (including phenoxy) is 3. The highest BCUT2D eigenvalue weighted by molar-refractivity contribution is 5.76. The molecule has 0 N–H and O–H groups in total. The Morgan fingerprint density at radius 3 is 2.17 bits per heavy atom. The van der Waals surface area contributed by atoms with Crippen molar-refractivity contribution < 1.29 is 28.6 Å². The Morgan fingerprint density at radius 2 is 1.60 bits per heavy atom. The molecule has 1 aromatic rings. The van der Waals surface area contributed by atoms with Crippen molar-refractivity contribution in [2.45, 2.75) is 65.7 Å². The van der Waals surface area contributed by atoms with Gasteiger partial charge in [-0.1, -0.05) is 30.3 Å². The van der Waals surface area contributed by atoms with Crippen LogP contribution in [-0.2, 0) is 25.4 Å². The van der Waals surface area contributed by atoms with Crippen molar-refractivity contribution in [1.29, 1.82) is 0 Å². The van der Waals surface area contributed by atoms with Gasteiger partial charge >= 0.3 is 18.2 Å². The second-order valence-electron chi connectivity index (χ2n) is 7.82. The maximum absolute atomic E-state index is 13.0. The molecule has 1 saturated heterocycles. The second kappa shape index (κ2) is 10.8. The van der Waals surface area contributed by atoms with Crippen molar-refractivity contribution in [3.63, 3.8) is 0 Å². The predicted octanol–water partition coefficient (Wildman–Crippen LogP) is 3.79. The molecule has 1 aliphatic heterocycles. The van der Waals surface area contributed by atoms with Crippen LogP contribution in [0.3, 0.4) is 0 Å². The zero-order valence-electron chi connectivity index (χ0n) is 18.4. The first-order valence-electron chi connectivity index (χ1n) is 10.4. The maximum atomic E-state index is 13.0. The lowest BCUT2D eigenvalue weighted by molar-refractivity contribution is -0.144. The number of hydrogen-bond donors (Lipinski definition) is 0. The van der Waals surface area contributed by atoms with E-state index in [1.807, 2.05) is 30.3 Å². The molecule has 166 valence electrons. The van der Waals surface area contributed by atoms with Gasteiger partial charge in [0.05, 0.1) is 37.8 Å². The van der Waals surface area contributed by atoms with Crippen molar-refractivity contribution in [2.75, 3.05) is 13.2 Å². The standard InChI is InChI=1S/C22H32N2O6/c1-6-28-20(25)13-18-14-23(21(26)29-15(2)3)24(22(27)30-16(4)5)19(18)12-17-10-8-7-9-11-17/h7-11,15-16,18-19H,6,12-14H2,1-5H3/t18-,19+/m0/s1. The third-order valence-electron chi connectivity index (χ3n) is 4.62. The summed E-state index contributed by atoms with van der Waals surface area (Å²) < 4.78 is 15.9. The molecular formula is C22H32N2O6. The summed E-state index contributed by atoms with van der Waals surface area (Å²) in [5.74, 6) is -0.680. The van der Waals surface area contributed by atoms with Crippen molar-refractivity contribution >= 4 is 18.2 Å². The molecule has 0 bridgehead atoms. The molecule has 0 radical (unpaired) electrons. The van der Waals surface area contributed by atoms with Gasteiger partial charge in [-0.05, 0) is 46.6 Å². The molecule has 1 aliphatic rings. The van der Waals surface area contributed by atoms with E-state index >= 15 is 0 Å². The van der Waals surface area contributed by atoms with E-state index < -0.39 is 18.2 Å². The van der Waals surface area contributed by atoms with E-state index in [2.05, 4.69) is 0 Å². The highest BCUT2D eigenvalue weighted by atomic mass is 16.6. The van der Waals surface area contributed by atoms with Gasteiger partial charge in [-0.25, -0.2) is 19.6 Å². The largest absolute Gasteiger partial charge is 0.466 e. The molecule has 0 saturated carbocycles. The molecule has 8 nitrogen and oxygen atoms in total. The Bertz CT molecular complexity index is 722. The van der Waals surface area contributed by atoms with Gasteiger partial charge in [-0.15, -0.1) is 0 Å². The Morgan fingerprint density at radius 1 is 1.00 bits per heavy atom. The number of hydrogen-bond acceptors (Lipinski definition) is 6. The third-order valence-corrected chi connectivity index (χ3v) is 4.62. The average Bonchev–Trinajstić information content (AvgIpc) is 3.00. The SMILES string of the molecule is CCOC(=O)C[C@H]1CN(C(=O)OC(C)C)N(C(=O)OC(C)C)[C@@H]1Cc1ccccc1. The smallest absolute Gasteiger partial charge is 0.429 e. The van der Waals surface area contributed by atoms with Gasteiger partial charge in [-0.2, -0.15) is 0 Å². The summed E-state index contributed by atoms with van der Waals surface area (Å²) in [5, 5.41) is 2.56. The van der Waals surface area contributed by atoms with E-state index in [0.29, 0.717) is 6.42 Å². The zero-order chi connectivity index (χ0) is 22.3. The van der Waals surface area contributed by atoms with E-state index in [1.54, 1.807) is 34.6 Å². The normalized spacial score (nSPS) is 18.6. The van der Waals surface area contributed by atoms with Crippen LogP contribution < -0.4 is 0 Å². The minimum atomic E-state index is -0.643.